The minimum atomic E-state index is -0.365. The van der Waals surface area contributed by atoms with Gasteiger partial charge in [0, 0.05) is 0 Å². The zero-order valence-electron chi connectivity index (χ0n) is 15.8. The summed E-state index contributed by atoms with van der Waals surface area (Å²) in [6.07, 6.45) is 1.72. The SMILES string of the molecule is N#C/C(=C/c1ccc(OCc2ccc(Cl)c(Cl)c2)c(I)c1)c1nc2ccc(F)cc2[nH]1. The first-order valence-corrected chi connectivity index (χ1v) is 10.9. The van der Waals surface area contributed by atoms with Gasteiger partial charge in [0.05, 0.1) is 30.2 Å². The minimum absolute atomic E-state index is 0.344. The molecule has 0 atom stereocenters. The van der Waals surface area contributed by atoms with Crippen molar-refractivity contribution < 1.29 is 9.13 Å². The summed E-state index contributed by atoms with van der Waals surface area (Å²) < 4.78 is 20.2. The summed E-state index contributed by atoms with van der Waals surface area (Å²) in [6.45, 7) is 0.348. The Kier molecular flexibility index (Phi) is 6.46. The molecule has 0 amide bonds. The molecule has 0 aliphatic rings. The lowest BCUT2D eigenvalue weighted by atomic mass is 10.1. The second-order valence-corrected chi connectivity index (χ2v) is 8.62. The highest BCUT2D eigenvalue weighted by Gasteiger charge is 2.10. The Balaban J connectivity index is 1.54. The molecule has 0 bridgehead atoms. The Bertz CT molecular complexity index is 1360. The molecule has 0 radical (unpaired) electrons. The molecule has 31 heavy (non-hydrogen) atoms. The molecule has 0 aliphatic carbocycles. The highest BCUT2D eigenvalue weighted by molar-refractivity contribution is 14.1. The third-order valence-corrected chi connectivity index (χ3v) is 6.05. The third-order valence-electron chi connectivity index (χ3n) is 4.46. The van der Waals surface area contributed by atoms with Gasteiger partial charge in [-0.05, 0) is 82.3 Å². The van der Waals surface area contributed by atoms with Crippen molar-refractivity contribution >= 4 is 68.5 Å². The standard InChI is InChI=1S/C23H13Cl2FIN3O/c24-17-4-1-14(8-18(17)25)12-31-22-6-2-13(9-19(22)27)7-15(11-28)23-29-20-5-3-16(26)10-21(20)30-23/h1-10H,12H2,(H,29,30)/b15-7-. The second kappa shape index (κ2) is 9.27. The number of nitrogens with zero attached hydrogens (tertiary/aromatic N) is 2. The van der Waals surface area contributed by atoms with E-state index in [1.165, 1.54) is 12.1 Å². The van der Waals surface area contributed by atoms with Gasteiger partial charge in [-0.2, -0.15) is 5.26 Å². The number of rotatable bonds is 5. The zero-order valence-corrected chi connectivity index (χ0v) is 19.5. The van der Waals surface area contributed by atoms with E-state index in [4.69, 9.17) is 27.9 Å². The highest BCUT2D eigenvalue weighted by Crippen LogP contribution is 2.27. The van der Waals surface area contributed by atoms with Crippen LogP contribution >= 0.6 is 45.8 Å². The van der Waals surface area contributed by atoms with Gasteiger partial charge in [-0.1, -0.05) is 35.3 Å². The quantitative estimate of drug-likeness (QED) is 0.205. The summed E-state index contributed by atoms with van der Waals surface area (Å²) in [6, 6.07) is 17.4. The number of aromatic amines is 1. The molecule has 0 fully saturated rings. The maximum Gasteiger partial charge on any atom is 0.149 e. The maximum atomic E-state index is 13.4. The van der Waals surface area contributed by atoms with Crippen LogP contribution < -0.4 is 4.74 Å². The van der Waals surface area contributed by atoms with E-state index >= 15 is 0 Å². The van der Waals surface area contributed by atoms with Gasteiger partial charge in [0.25, 0.3) is 0 Å². The number of aromatic nitrogens is 2. The van der Waals surface area contributed by atoms with Gasteiger partial charge in [-0.3, -0.25) is 0 Å². The Morgan fingerprint density at radius 2 is 1.97 bits per heavy atom. The topological polar surface area (TPSA) is 61.7 Å². The molecular weight excluding hydrogens is 551 g/mol. The Morgan fingerprint density at radius 3 is 2.71 bits per heavy atom. The van der Waals surface area contributed by atoms with Gasteiger partial charge >= 0.3 is 0 Å². The van der Waals surface area contributed by atoms with Crippen LogP contribution in [0, 0.1) is 20.7 Å². The molecule has 1 aromatic heterocycles. The average Bonchev–Trinajstić information content (AvgIpc) is 3.16. The second-order valence-electron chi connectivity index (χ2n) is 6.64. The van der Waals surface area contributed by atoms with Gasteiger partial charge in [-0.25, -0.2) is 9.37 Å². The number of ether oxygens (including phenoxy) is 1. The number of H-pyrrole nitrogens is 1. The van der Waals surface area contributed by atoms with E-state index in [-0.39, 0.29) is 5.82 Å². The first kappa shape index (κ1) is 21.6. The molecule has 0 spiro atoms. The number of hydrogen-bond acceptors (Lipinski definition) is 3. The Labute approximate surface area is 201 Å². The normalized spacial score (nSPS) is 11.5. The lowest BCUT2D eigenvalue weighted by Crippen LogP contribution is -1.97. The number of benzene rings is 3. The monoisotopic (exact) mass is 563 g/mol. The number of imidazole rings is 1. The summed E-state index contributed by atoms with van der Waals surface area (Å²) in [4.78, 5) is 7.37. The van der Waals surface area contributed by atoms with Gasteiger partial charge in [0.1, 0.15) is 30.1 Å². The average molecular weight is 564 g/mol. The molecule has 0 unspecified atom stereocenters. The van der Waals surface area contributed by atoms with Crippen LogP contribution in [0.3, 0.4) is 0 Å². The van der Waals surface area contributed by atoms with Crippen LogP contribution in [0.4, 0.5) is 4.39 Å². The van der Waals surface area contributed by atoms with E-state index in [2.05, 4.69) is 38.6 Å². The lowest BCUT2D eigenvalue weighted by Gasteiger charge is -2.10. The van der Waals surface area contributed by atoms with Crippen LogP contribution in [0.25, 0.3) is 22.7 Å². The summed E-state index contributed by atoms with van der Waals surface area (Å²) >= 11 is 14.2. The number of hydrogen-bond donors (Lipinski definition) is 1. The number of fused-ring (bicyclic) bond motifs is 1. The predicted molar refractivity (Wildman–Crippen MR) is 129 cm³/mol. The fourth-order valence-corrected chi connectivity index (χ4v) is 3.96. The highest BCUT2D eigenvalue weighted by atomic mass is 127. The Morgan fingerprint density at radius 1 is 1.13 bits per heavy atom. The van der Waals surface area contributed by atoms with E-state index < -0.39 is 0 Å². The first-order valence-electron chi connectivity index (χ1n) is 9.06. The number of nitrogens with one attached hydrogen (secondary N) is 1. The van der Waals surface area contributed by atoms with Crippen molar-refractivity contribution in [3.63, 3.8) is 0 Å². The largest absolute Gasteiger partial charge is 0.488 e. The number of halogens is 4. The first-order chi connectivity index (χ1) is 14.9. The molecule has 1 heterocycles. The third kappa shape index (κ3) is 5.01. The molecule has 3 aromatic carbocycles. The number of allylic oxidation sites excluding steroid dienone is 1. The summed E-state index contributed by atoms with van der Waals surface area (Å²) in [7, 11) is 0. The summed E-state index contributed by atoms with van der Waals surface area (Å²) in [5.74, 6) is 0.732. The van der Waals surface area contributed by atoms with Crippen LogP contribution in [0.5, 0.6) is 5.75 Å². The van der Waals surface area contributed by atoms with Gasteiger partial charge in [-0.15, -0.1) is 0 Å². The van der Waals surface area contributed by atoms with Crippen LogP contribution in [0.1, 0.15) is 17.0 Å². The molecule has 1 N–H and O–H groups in total. The molecule has 0 saturated heterocycles. The van der Waals surface area contributed by atoms with Crippen LogP contribution in [0.2, 0.25) is 10.0 Å². The van der Waals surface area contributed by atoms with Crippen LogP contribution in [-0.2, 0) is 6.61 Å². The fourth-order valence-electron chi connectivity index (χ4n) is 2.94. The molecule has 4 nitrogen and oxygen atoms in total. The number of nitriles is 1. The summed E-state index contributed by atoms with van der Waals surface area (Å²) in [5, 5.41) is 10.6. The van der Waals surface area contributed by atoms with Gasteiger partial charge < -0.3 is 9.72 Å². The smallest absolute Gasteiger partial charge is 0.149 e. The molecule has 8 heteroatoms. The van der Waals surface area contributed by atoms with Crippen molar-refractivity contribution in [2.24, 2.45) is 0 Å². The van der Waals surface area contributed by atoms with Gasteiger partial charge in [0.2, 0.25) is 0 Å². The van der Waals surface area contributed by atoms with Crippen molar-refractivity contribution in [2.75, 3.05) is 0 Å². The maximum absolute atomic E-state index is 13.4. The van der Waals surface area contributed by atoms with E-state index in [1.807, 2.05) is 24.3 Å². The lowest BCUT2D eigenvalue weighted by molar-refractivity contribution is 0.304. The molecule has 4 rings (SSSR count). The molecule has 4 aromatic rings. The van der Waals surface area contributed by atoms with Crippen molar-refractivity contribution in [2.45, 2.75) is 6.61 Å². The van der Waals surface area contributed by atoms with Crippen LogP contribution in [-0.4, -0.2) is 9.97 Å². The van der Waals surface area contributed by atoms with E-state index in [0.717, 1.165) is 14.7 Å². The Hall–Kier alpha value is -2.60. The van der Waals surface area contributed by atoms with Crippen molar-refractivity contribution in [3.8, 4) is 11.8 Å². The molecule has 0 aliphatic heterocycles. The van der Waals surface area contributed by atoms with Crippen molar-refractivity contribution in [1.82, 2.24) is 9.97 Å². The van der Waals surface area contributed by atoms with Crippen molar-refractivity contribution in [1.29, 1.82) is 5.26 Å². The summed E-state index contributed by atoms with van der Waals surface area (Å²) in [5.41, 5.74) is 3.20. The van der Waals surface area contributed by atoms with E-state index in [1.54, 1.807) is 24.3 Å². The van der Waals surface area contributed by atoms with Crippen LogP contribution in [0.15, 0.2) is 54.6 Å². The van der Waals surface area contributed by atoms with Crippen molar-refractivity contribution in [3.05, 3.63) is 91.0 Å². The minimum Gasteiger partial charge on any atom is -0.488 e. The molecular formula is C23H13Cl2FIN3O. The van der Waals surface area contributed by atoms with E-state index in [0.29, 0.717) is 44.8 Å². The van der Waals surface area contributed by atoms with E-state index in [9.17, 15) is 9.65 Å². The molecule has 154 valence electrons. The predicted octanol–water partition coefficient (Wildman–Crippen LogP) is 7.26. The van der Waals surface area contributed by atoms with Gasteiger partial charge in [0.15, 0.2) is 0 Å². The zero-order chi connectivity index (χ0) is 22.0. The molecule has 0 saturated carbocycles. The fraction of sp³-hybridized carbons (Fsp3) is 0.0435.